The first-order valence-corrected chi connectivity index (χ1v) is 8.36. The highest BCUT2D eigenvalue weighted by atomic mass is 19.1. The first-order chi connectivity index (χ1) is 12.1. The highest BCUT2D eigenvalue weighted by Crippen LogP contribution is 2.34. The number of hydrogen-bond acceptors (Lipinski definition) is 1. The minimum Gasteiger partial charge on any atom is -0.478 e. The van der Waals surface area contributed by atoms with Gasteiger partial charge in [0, 0.05) is 16.6 Å². The predicted molar refractivity (Wildman–Crippen MR) is 91.0 cm³/mol. The van der Waals surface area contributed by atoms with E-state index in [9.17, 15) is 18.7 Å². The molecule has 0 aliphatic heterocycles. The zero-order chi connectivity index (χ0) is 17.6. The Morgan fingerprint density at radius 3 is 2.72 bits per heavy atom. The van der Waals surface area contributed by atoms with Crippen molar-refractivity contribution in [3.8, 4) is 0 Å². The van der Waals surface area contributed by atoms with Gasteiger partial charge >= 0.3 is 5.97 Å². The summed E-state index contributed by atoms with van der Waals surface area (Å²) < 4.78 is 29.6. The molecule has 2 aromatic carbocycles. The molecule has 1 aromatic heterocycles. The SMILES string of the molecule is O=C(O)c1cccc2c3c(n(Cc4cc(F)ccc4F)c12)CCCC3. The lowest BCUT2D eigenvalue weighted by atomic mass is 9.95. The van der Waals surface area contributed by atoms with E-state index in [1.807, 2.05) is 10.6 Å². The van der Waals surface area contributed by atoms with Crippen LogP contribution >= 0.6 is 0 Å². The van der Waals surface area contributed by atoms with Crippen molar-refractivity contribution in [2.45, 2.75) is 32.2 Å². The molecule has 0 saturated heterocycles. The van der Waals surface area contributed by atoms with Crippen LogP contribution in [-0.4, -0.2) is 15.6 Å². The molecule has 0 bridgehead atoms. The van der Waals surface area contributed by atoms with Crippen LogP contribution in [0.25, 0.3) is 10.9 Å². The van der Waals surface area contributed by atoms with E-state index < -0.39 is 17.6 Å². The number of hydrogen-bond donors (Lipinski definition) is 1. The van der Waals surface area contributed by atoms with E-state index in [2.05, 4.69) is 0 Å². The van der Waals surface area contributed by atoms with Crippen molar-refractivity contribution in [1.29, 1.82) is 0 Å². The van der Waals surface area contributed by atoms with Crippen molar-refractivity contribution in [3.63, 3.8) is 0 Å². The number of carbonyl (C=O) groups is 1. The minimum absolute atomic E-state index is 0.125. The van der Waals surface area contributed by atoms with Crippen molar-refractivity contribution in [2.24, 2.45) is 0 Å². The Morgan fingerprint density at radius 2 is 1.92 bits per heavy atom. The standard InChI is InChI=1S/C20H17F2NO2/c21-13-8-9-17(22)12(10-13)11-23-18-7-2-1-4-14(18)15-5-3-6-16(19(15)23)20(24)25/h3,5-6,8-10H,1-2,4,7,11H2,(H,24,25). The molecular formula is C20H17F2NO2. The van der Waals surface area contributed by atoms with Crippen LogP contribution in [0.3, 0.4) is 0 Å². The van der Waals surface area contributed by atoms with Crippen LogP contribution < -0.4 is 0 Å². The second-order valence-electron chi connectivity index (χ2n) is 6.46. The normalized spacial score (nSPS) is 13.8. The molecular weight excluding hydrogens is 324 g/mol. The molecule has 3 aromatic rings. The van der Waals surface area contributed by atoms with Crippen LogP contribution in [-0.2, 0) is 19.4 Å². The second-order valence-corrected chi connectivity index (χ2v) is 6.46. The zero-order valence-electron chi connectivity index (χ0n) is 13.6. The molecule has 5 heteroatoms. The Labute approximate surface area is 143 Å². The van der Waals surface area contributed by atoms with Crippen LogP contribution in [0.5, 0.6) is 0 Å². The summed E-state index contributed by atoms with van der Waals surface area (Å²) in [5.74, 6) is -2.00. The Balaban J connectivity index is 1.98. The summed E-state index contributed by atoms with van der Waals surface area (Å²) in [7, 11) is 0. The average Bonchev–Trinajstić information content (AvgIpc) is 2.92. The topological polar surface area (TPSA) is 42.2 Å². The number of nitrogens with zero attached hydrogens (tertiary/aromatic N) is 1. The van der Waals surface area contributed by atoms with E-state index in [0.717, 1.165) is 54.5 Å². The average molecular weight is 341 g/mol. The van der Waals surface area contributed by atoms with Gasteiger partial charge in [-0.2, -0.15) is 0 Å². The number of aromatic nitrogens is 1. The van der Waals surface area contributed by atoms with Crippen LogP contribution in [0.15, 0.2) is 36.4 Å². The molecule has 0 radical (unpaired) electrons. The van der Waals surface area contributed by atoms with E-state index in [-0.39, 0.29) is 17.7 Å². The van der Waals surface area contributed by atoms with Crippen molar-refractivity contribution in [2.75, 3.05) is 0 Å². The number of rotatable bonds is 3. The molecule has 1 aliphatic carbocycles. The Hall–Kier alpha value is -2.69. The summed E-state index contributed by atoms with van der Waals surface area (Å²) in [6, 6.07) is 8.61. The van der Waals surface area contributed by atoms with Gasteiger partial charge in [-0.1, -0.05) is 12.1 Å². The van der Waals surface area contributed by atoms with Gasteiger partial charge in [-0.05, 0) is 55.5 Å². The summed E-state index contributed by atoms with van der Waals surface area (Å²) in [5, 5.41) is 10.5. The quantitative estimate of drug-likeness (QED) is 0.760. The third-order valence-corrected chi connectivity index (χ3v) is 4.96. The van der Waals surface area contributed by atoms with E-state index in [1.165, 1.54) is 6.07 Å². The van der Waals surface area contributed by atoms with E-state index in [1.54, 1.807) is 12.1 Å². The van der Waals surface area contributed by atoms with Gasteiger partial charge in [0.1, 0.15) is 11.6 Å². The molecule has 3 nitrogen and oxygen atoms in total. The predicted octanol–water partition coefficient (Wildman–Crippen LogP) is 4.54. The third-order valence-electron chi connectivity index (χ3n) is 4.96. The molecule has 128 valence electrons. The molecule has 0 atom stereocenters. The fraction of sp³-hybridized carbons (Fsp3) is 0.250. The van der Waals surface area contributed by atoms with Crippen molar-refractivity contribution < 1.29 is 18.7 Å². The number of para-hydroxylation sites is 1. The Bertz CT molecular complexity index is 991. The molecule has 0 unspecified atom stereocenters. The van der Waals surface area contributed by atoms with E-state index in [4.69, 9.17) is 0 Å². The minimum atomic E-state index is -1.01. The van der Waals surface area contributed by atoms with Gasteiger partial charge in [-0.25, -0.2) is 13.6 Å². The maximum absolute atomic E-state index is 14.2. The van der Waals surface area contributed by atoms with Crippen molar-refractivity contribution in [3.05, 3.63) is 70.4 Å². The summed E-state index contributed by atoms with van der Waals surface area (Å²) >= 11 is 0. The highest BCUT2D eigenvalue weighted by molar-refractivity contribution is 6.04. The molecule has 0 fully saturated rings. The van der Waals surface area contributed by atoms with Crippen LogP contribution in [0.4, 0.5) is 8.78 Å². The molecule has 1 heterocycles. The monoisotopic (exact) mass is 341 g/mol. The zero-order valence-corrected chi connectivity index (χ0v) is 13.6. The van der Waals surface area contributed by atoms with Gasteiger partial charge < -0.3 is 9.67 Å². The fourth-order valence-electron chi connectivity index (χ4n) is 3.87. The lowest BCUT2D eigenvalue weighted by molar-refractivity contribution is 0.0698. The highest BCUT2D eigenvalue weighted by Gasteiger charge is 2.24. The Kier molecular flexibility index (Phi) is 3.79. The number of benzene rings is 2. The summed E-state index contributed by atoms with van der Waals surface area (Å²) in [4.78, 5) is 11.7. The Morgan fingerprint density at radius 1 is 1.12 bits per heavy atom. The van der Waals surface area contributed by atoms with Crippen LogP contribution in [0, 0.1) is 11.6 Å². The number of halogens is 2. The number of aromatic carboxylic acids is 1. The molecule has 0 saturated carbocycles. The van der Waals surface area contributed by atoms with Gasteiger partial charge in [0.15, 0.2) is 0 Å². The van der Waals surface area contributed by atoms with Crippen molar-refractivity contribution >= 4 is 16.9 Å². The summed E-state index contributed by atoms with van der Waals surface area (Å²) in [6.07, 6.45) is 3.77. The maximum Gasteiger partial charge on any atom is 0.337 e. The van der Waals surface area contributed by atoms with Gasteiger partial charge in [0.05, 0.1) is 17.6 Å². The lowest BCUT2D eigenvalue weighted by Crippen LogP contribution is -2.11. The lowest BCUT2D eigenvalue weighted by Gasteiger charge is -2.17. The number of carboxylic acids is 1. The molecule has 1 aliphatic rings. The van der Waals surface area contributed by atoms with Crippen LogP contribution in [0.1, 0.15) is 40.0 Å². The number of aryl methyl sites for hydroxylation is 1. The van der Waals surface area contributed by atoms with E-state index in [0.29, 0.717) is 5.52 Å². The van der Waals surface area contributed by atoms with Crippen LogP contribution in [0.2, 0.25) is 0 Å². The number of carboxylic acid groups (broad SMARTS) is 1. The van der Waals surface area contributed by atoms with Gasteiger partial charge in [0.2, 0.25) is 0 Å². The molecule has 1 N–H and O–H groups in total. The number of fused-ring (bicyclic) bond motifs is 3. The molecule has 0 amide bonds. The molecule has 0 spiro atoms. The van der Waals surface area contributed by atoms with Crippen molar-refractivity contribution in [1.82, 2.24) is 4.57 Å². The largest absolute Gasteiger partial charge is 0.478 e. The first kappa shape index (κ1) is 15.8. The molecule has 4 rings (SSSR count). The third kappa shape index (κ3) is 2.60. The van der Waals surface area contributed by atoms with Gasteiger partial charge in [-0.15, -0.1) is 0 Å². The fourth-order valence-corrected chi connectivity index (χ4v) is 3.87. The maximum atomic E-state index is 14.2. The van der Waals surface area contributed by atoms with Gasteiger partial charge in [0.25, 0.3) is 0 Å². The molecule has 25 heavy (non-hydrogen) atoms. The summed E-state index contributed by atoms with van der Waals surface area (Å²) in [5.41, 5.74) is 3.21. The van der Waals surface area contributed by atoms with Gasteiger partial charge in [-0.3, -0.25) is 0 Å². The summed E-state index contributed by atoms with van der Waals surface area (Å²) in [6.45, 7) is 0.125. The second kappa shape index (κ2) is 5.99. The first-order valence-electron chi connectivity index (χ1n) is 8.36. The van der Waals surface area contributed by atoms with E-state index >= 15 is 0 Å². The smallest absolute Gasteiger partial charge is 0.337 e.